The highest BCUT2D eigenvalue weighted by Gasteiger charge is 2.23. The summed E-state index contributed by atoms with van der Waals surface area (Å²) in [6.07, 6.45) is -1.28. The Morgan fingerprint density at radius 1 is 0.725 bits per heavy atom. The van der Waals surface area contributed by atoms with Gasteiger partial charge in [0.25, 0.3) is 5.91 Å². The molecule has 3 N–H and O–H groups in total. The quantitative estimate of drug-likeness (QED) is 0.159. The summed E-state index contributed by atoms with van der Waals surface area (Å²) in [6.45, 7) is -0.965. The monoisotopic (exact) mass is 668 g/mol. The molecule has 10 nitrogen and oxygen atoms in total. The summed E-state index contributed by atoms with van der Waals surface area (Å²) in [5, 5.41) is 23.4. The zero-order valence-electron chi connectivity index (χ0n) is 19.5. The Balaban J connectivity index is 1.79. The summed E-state index contributed by atoms with van der Waals surface area (Å²) in [5.41, 5.74) is -0.583. The highest BCUT2D eigenvalue weighted by Crippen LogP contribution is 2.35. The number of carbonyl (C=O) groups excluding carboxylic acids is 3. The molecule has 0 saturated heterocycles. The van der Waals surface area contributed by atoms with Crippen LogP contribution in [0, 0.1) is 4.91 Å². The van der Waals surface area contributed by atoms with Gasteiger partial charge in [0.2, 0.25) is 0 Å². The molecule has 0 radical (unpaired) electrons. The SMILES string of the molecule is O=Nc1c(Cl)cc(C(=O)OCC(CNC(=O)c2cc(Cl)c(O)c(Cl)c2)OC(=O)c2cc(Cl)c(O)c(Cl)c2)cc1Cl. The van der Waals surface area contributed by atoms with Crippen molar-refractivity contribution in [3.63, 3.8) is 0 Å². The lowest BCUT2D eigenvalue weighted by Crippen LogP contribution is -2.38. The summed E-state index contributed by atoms with van der Waals surface area (Å²) in [6, 6.07) is 6.72. The number of esters is 2. The van der Waals surface area contributed by atoms with E-state index in [9.17, 15) is 29.5 Å². The molecule has 16 heteroatoms. The van der Waals surface area contributed by atoms with E-state index in [1.807, 2.05) is 0 Å². The molecule has 40 heavy (non-hydrogen) atoms. The van der Waals surface area contributed by atoms with Crippen molar-refractivity contribution in [1.82, 2.24) is 5.32 Å². The lowest BCUT2D eigenvalue weighted by Gasteiger charge is -2.19. The molecule has 0 heterocycles. The van der Waals surface area contributed by atoms with Crippen molar-refractivity contribution >= 4 is 93.1 Å². The fourth-order valence-corrected chi connectivity index (χ4v) is 4.60. The Labute approximate surface area is 255 Å². The van der Waals surface area contributed by atoms with Crippen LogP contribution < -0.4 is 5.32 Å². The number of hydrogen-bond acceptors (Lipinski definition) is 9. The van der Waals surface area contributed by atoms with Gasteiger partial charge in [-0.2, -0.15) is 0 Å². The van der Waals surface area contributed by atoms with Crippen molar-refractivity contribution in [3.8, 4) is 11.5 Å². The number of phenolic OH excluding ortho intramolecular Hbond substituents is 2. The normalized spacial score (nSPS) is 11.4. The van der Waals surface area contributed by atoms with Gasteiger partial charge < -0.3 is 25.0 Å². The van der Waals surface area contributed by atoms with Gasteiger partial charge in [0, 0.05) is 5.56 Å². The Bertz CT molecular complexity index is 1450. The van der Waals surface area contributed by atoms with Crippen LogP contribution in [0.15, 0.2) is 41.6 Å². The molecule has 3 aromatic rings. The van der Waals surface area contributed by atoms with E-state index in [1.165, 1.54) is 0 Å². The maximum Gasteiger partial charge on any atom is 0.338 e. The second kappa shape index (κ2) is 13.6. The van der Waals surface area contributed by atoms with E-state index in [-0.39, 0.29) is 59.1 Å². The van der Waals surface area contributed by atoms with Gasteiger partial charge in [-0.05, 0) is 41.6 Å². The maximum atomic E-state index is 12.8. The molecule has 0 saturated carbocycles. The van der Waals surface area contributed by atoms with Crippen LogP contribution in [0.3, 0.4) is 0 Å². The lowest BCUT2D eigenvalue weighted by molar-refractivity contribution is -0.0000265. The Morgan fingerprint density at radius 2 is 1.15 bits per heavy atom. The summed E-state index contributed by atoms with van der Waals surface area (Å²) < 4.78 is 10.6. The molecule has 1 unspecified atom stereocenters. The van der Waals surface area contributed by atoms with Gasteiger partial charge in [0.15, 0.2) is 17.6 Å². The molecule has 0 spiro atoms. The van der Waals surface area contributed by atoms with E-state index in [2.05, 4.69) is 10.5 Å². The molecule has 0 aliphatic carbocycles. The third-order valence-electron chi connectivity index (χ3n) is 5.04. The number of aromatic hydroxyl groups is 2. The van der Waals surface area contributed by atoms with Crippen LogP contribution in [-0.2, 0) is 9.47 Å². The number of hydrogen-bond donors (Lipinski definition) is 3. The van der Waals surface area contributed by atoms with Crippen molar-refractivity contribution in [2.24, 2.45) is 5.18 Å². The van der Waals surface area contributed by atoms with E-state index >= 15 is 0 Å². The van der Waals surface area contributed by atoms with Crippen molar-refractivity contribution < 1.29 is 34.1 Å². The third-order valence-corrected chi connectivity index (χ3v) is 6.77. The number of phenols is 2. The maximum absolute atomic E-state index is 12.8. The number of nitrogens with zero attached hydrogens (tertiary/aromatic N) is 1. The predicted octanol–water partition coefficient (Wildman–Crippen LogP) is 7.23. The average molecular weight is 671 g/mol. The second-order valence-electron chi connectivity index (χ2n) is 7.79. The topological polar surface area (TPSA) is 152 Å². The summed E-state index contributed by atoms with van der Waals surface area (Å²) in [7, 11) is 0. The highest BCUT2D eigenvalue weighted by atomic mass is 35.5. The van der Waals surface area contributed by atoms with Crippen LogP contribution in [0.4, 0.5) is 5.69 Å². The fraction of sp³-hybridized carbons (Fsp3) is 0.125. The largest absolute Gasteiger partial charge is 0.505 e. The van der Waals surface area contributed by atoms with Crippen LogP contribution in [0.25, 0.3) is 0 Å². The molecule has 1 amide bonds. The van der Waals surface area contributed by atoms with Crippen LogP contribution >= 0.6 is 69.6 Å². The third kappa shape index (κ3) is 7.60. The van der Waals surface area contributed by atoms with Crippen LogP contribution in [0.5, 0.6) is 11.5 Å². The first kappa shape index (κ1) is 31.5. The Hall–Kier alpha value is -2.99. The van der Waals surface area contributed by atoms with E-state index in [1.54, 1.807) is 0 Å². The molecule has 0 aromatic heterocycles. The van der Waals surface area contributed by atoms with Crippen LogP contribution in [0.2, 0.25) is 30.1 Å². The number of nitroso groups, excluding NO2 is 1. The molecule has 3 aromatic carbocycles. The van der Waals surface area contributed by atoms with Gasteiger partial charge in [-0.25, -0.2) is 9.59 Å². The van der Waals surface area contributed by atoms with Crippen molar-refractivity contribution in [2.75, 3.05) is 13.2 Å². The molecule has 210 valence electrons. The van der Waals surface area contributed by atoms with E-state index in [4.69, 9.17) is 79.1 Å². The first-order valence-electron chi connectivity index (χ1n) is 10.7. The highest BCUT2D eigenvalue weighted by molar-refractivity contribution is 6.39. The van der Waals surface area contributed by atoms with Gasteiger partial charge in [-0.1, -0.05) is 69.6 Å². The molecule has 3 rings (SSSR count). The molecule has 0 aliphatic rings. The summed E-state index contributed by atoms with van der Waals surface area (Å²) in [4.78, 5) is 48.9. The molecule has 0 aliphatic heterocycles. The first-order chi connectivity index (χ1) is 18.8. The number of amides is 1. The minimum Gasteiger partial charge on any atom is -0.505 e. The molecular weight excluding hydrogens is 657 g/mol. The zero-order chi connectivity index (χ0) is 29.7. The first-order valence-corrected chi connectivity index (χ1v) is 12.9. The lowest BCUT2D eigenvalue weighted by atomic mass is 10.2. The summed E-state index contributed by atoms with van der Waals surface area (Å²) in [5.74, 6) is -3.52. The van der Waals surface area contributed by atoms with E-state index in [0.29, 0.717) is 0 Å². The Morgan fingerprint density at radius 3 is 1.62 bits per heavy atom. The van der Waals surface area contributed by atoms with E-state index < -0.39 is 42.1 Å². The number of benzene rings is 3. The fourth-order valence-electron chi connectivity index (χ4n) is 3.07. The minimum absolute atomic E-state index is 0.0277. The van der Waals surface area contributed by atoms with Gasteiger partial charge >= 0.3 is 11.9 Å². The standard InChI is InChI=1S/C24H14Cl6N2O8/c25-13-3-10(4-14(26)19(13)32-38)23(36)39-8-12(40-24(37)11-5-17(29)21(34)18(30)6-11)7-31-22(35)9-1-15(27)20(33)16(28)2-9/h1-6,12,33-34H,7-8H2,(H,31,35). The van der Waals surface area contributed by atoms with Crippen molar-refractivity contribution in [2.45, 2.75) is 6.10 Å². The number of carbonyl (C=O) groups is 3. The van der Waals surface area contributed by atoms with Crippen LogP contribution in [0.1, 0.15) is 31.1 Å². The number of nitrogens with one attached hydrogen (secondary N) is 1. The van der Waals surface area contributed by atoms with Crippen LogP contribution in [-0.4, -0.2) is 47.3 Å². The smallest absolute Gasteiger partial charge is 0.338 e. The average Bonchev–Trinajstić information content (AvgIpc) is 2.90. The van der Waals surface area contributed by atoms with Gasteiger partial charge in [-0.15, -0.1) is 4.91 Å². The molecule has 1 atom stereocenters. The minimum atomic E-state index is -1.28. The van der Waals surface area contributed by atoms with E-state index in [0.717, 1.165) is 36.4 Å². The zero-order valence-corrected chi connectivity index (χ0v) is 24.1. The Kier molecular flexibility index (Phi) is 10.7. The number of halogens is 6. The van der Waals surface area contributed by atoms with Crippen molar-refractivity contribution in [3.05, 3.63) is 88.1 Å². The number of ether oxygens (including phenoxy) is 2. The van der Waals surface area contributed by atoms with Crippen molar-refractivity contribution in [1.29, 1.82) is 0 Å². The number of rotatable bonds is 9. The van der Waals surface area contributed by atoms with Gasteiger partial charge in [-0.3, -0.25) is 4.79 Å². The molecule has 0 bridgehead atoms. The molecule has 0 fully saturated rings. The van der Waals surface area contributed by atoms with Gasteiger partial charge in [0.05, 0.1) is 47.8 Å². The predicted molar refractivity (Wildman–Crippen MR) is 150 cm³/mol. The summed E-state index contributed by atoms with van der Waals surface area (Å²) >= 11 is 35.3. The van der Waals surface area contributed by atoms with Gasteiger partial charge in [0.1, 0.15) is 12.3 Å². The molecular formula is C24H14Cl6N2O8. The second-order valence-corrected chi connectivity index (χ2v) is 10.2.